The topological polar surface area (TPSA) is 49.3 Å². The van der Waals surface area contributed by atoms with Crippen molar-refractivity contribution in [2.24, 2.45) is 0 Å². The van der Waals surface area contributed by atoms with Gasteiger partial charge in [0.05, 0.1) is 0 Å². The molecule has 1 saturated carbocycles. The number of halogens is 2. The highest BCUT2D eigenvalue weighted by atomic mass is 79.9. The summed E-state index contributed by atoms with van der Waals surface area (Å²) in [5, 5.41) is 12.1. The van der Waals surface area contributed by atoms with Gasteiger partial charge in [0, 0.05) is 29.4 Å². The van der Waals surface area contributed by atoms with Crippen LogP contribution in [0.15, 0.2) is 22.7 Å². The van der Waals surface area contributed by atoms with Crippen LogP contribution in [-0.2, 0) is 11.2 Å². The Kier molecular flexibility index (Phi) is 5.04. The minimum absolute atomic E-state index is 0.0271. The number of fused-ring (bicyclic) bond motifs is 1. The molecular formula is C16H21BrFNO2. The molecule has 116 valence electrons. The number of carbonyl (C=O) groups is 1. The van der Waals surface area contributed by atoms with Crippen LogP contribution in [-0.4, -0.2) is 22.8 Å². The Balaban J connectivity index is 0.000000774. The average Bonchev–Trinajstić information content (AvgIpc) is 2.81. The van der Waals surface area contributed by atoms with Crippen molar-refractivity contribution in [2.75, 3.05) is 0 Å². The van der Waals surface area contributed by atoms with Crippen LogP contribution in [0.4, 0.5) is 4.39 Å². The van der Waals surface area contributed by atoms with Gasteiger partial charge < -0.3 is 10.4 Å². The Morgan fingerprint density at radius 2 is 2.10 bits per heavy atom. The Hall–Kier alpha value is -0.940. The van der Waals surface area contributed by atoms with Crippen molar-refractivity contribution in [3.8, 4) is 0 Å². The van der Waals surface area contributed by atoms with Gasteiger partial charge in [0.15, 0.2) is 0 Å². The summed E-state index contributed by atoms with van der Waals surface area (Å²) in [7, 11) is 0. The van der Waals surface area contributed by atoms with E-state index in [4.69, 9.17) is 5.11 Å². The molecule has 0 heterocycles. The lowest BCUT2D eigenvalue weighted by Crippen LogP contribution is -2.55. The first-order chi connectivity index (χ1) is 9.98. The number of carboxylic acids is 1. The summed E-state index contributed by atoms with van der Waals surface area (Å²) < 4.78 is 14.7. The lowest BCUT2D eigenvalue weighted by molar-refractivity contribution is -0.159. The fraction of sp³-hybridized carbons (Fsp3) is 0.562. The van der Waals surface area contributed by atoms with Gasteiger partial charge in [-0.2, -0.15) is 0 Å². The van der Waals surface area contributed by atoms with E-state index in [1.165, 1.54) is 11.1 Å². The van der Waals surface area contributed by atoms with Crippen molar-refractivity contribution < 1.29 is 14.3 Å². The Labute approximate surface area is 133 Å². The molecule has 1 unspecified atom stereocenters. The molecule has 0 spiro atoms. The van der Waals surface area contributed by atoms with Crippen LogP contribution in [0.25, 0.3) is 0 Å². The third kappa shape index (κ3) is 3.29. The van der Waals surface area contributed by atoms with Crippen molar-refractivity contribution in [3.05, 3.63) is 33.8 Å². The summed E-state index contributed by atoms with van der Waals surface area (Å²) in [6.07, 6.45) is 2.16. The van der Waals surface area contributed by atoms with E-state index in [9.17, 15) is 9.18 Å². The Morgan fingerprint density at radius 1 is 1.43 bits per heavy atom. The highest BCUT2D eigenvalue weighted by molar-refractivity contribution is 9.10. The molecule has 3 nitrogen and oxygen atoms in total. The van der Waals surface area contributed by atoms with Crippen LogP contribution in [0.5, 0.6) is 0 Å². The molecule has 3 rings (SSSR count). The molecule has 1 aromatic carbocycles. The summed E-state index contributed by atoms with van der Waals surface area (Å²) >= 11 is 3.46. The van der Waals surface area contributed by atoms with Crippen LogP contribution in [0.3, 0.4) is 0 Å². The average molecular weight is 358 g/mol. The van der Waals surface area contributed by atoms with Gasteiger partial charge in [-0.15, -0.1) is 0 Å². The summed E-state index contributed by atoms with van der Waals surface area (Å²) in [5.41, 5.74) is 0.560. The molecule has 2 N–H and O–H groups in total. The molecule has 0 aliphatic heterocycles. The molecule has 0 bridgehead atoms. The molecule has 0 radical (unpaired) electrons. The van der Waals surface area contributed by atoms with Gasteiger partial charge in [0.25, 0.3) is 0 Å². The van der Waals surface area contributed by atoms with Crippen molar-refractivity contribution in [3.63, 3.8) is 0 Å². The normalized spacial score (nSPS) is 29.9. The zero-order valence-corrected chi connectivity index (χ0v) is 13.9. The van der Waals surface area contributed by atoms with Crippen LogP contribution >= 0.6 is 15.9 Å². The monoisotopic (exact) mass is 357 g/mol. The smallest absolute Gasteiger partial charge is 0.341 e. The number of hydrogen-bond acceptors (Lipinski definition) is 2. The Morgan fingerprint density at radius 3 is 2.71 bits per heavy atom. The molecule has 2 aliphatic carbocycles. The predicted octanol–water partition coefficient (Wildman–Crippen LogP) is 4.01. The maximum Gasteiger partial charge on any atom is 0.341 e. The zero-order valence-electron chi connectivity index (χ0n) is 12.3. The number of alkyl halides is 1. The second-order valence-electron chi connectivity index (χ2n) is 5.48. The van der Waals surface area contributed by atoms with E-state index in [1.54, 1.807) is 0 Å². The minimum atomic E-state index is -2.02. The lowest BCUT2D eigenvalue weighted by atomic mass is 9.77. The molecule has 0 saturated heterocycles. The summed E-state index contributed by atoms with van der Waals surface area (Å²) in [6.45, 7) is 4.00. The lowest BCUT2D eigenvalue weighted by Gasteiger charge is -2.40. The predicted molar refractivity (Wildman–Crippen MR) is 84.2 cm³/mol. The van der Waals surface area contributed by atoms with Gasteiger partial charge in [-0.3, -0.25) is 0 Å². The molecular weight excluding hydrogens is 337 g/mol. The maximum absolute atomic E-state index is 13.7. The SMILES string of the molecule is CC.O=C(O)C1(F)CC(NC2CCc3cc(Br)ccc32)C1. The fourth-order valence-electron chi connectivity index (χ4n) is 3.06. The van der Waals surface area contributed by atoms with Crippen molar-refractivity contribution in [2.45, 2.75) is 57.3 Å². The highest BCUT2D eigenvalue weighted by Crippen LogP contribution is 2.40. The van der Waals surface area contributed by atoms with E-state index >= 15 is 0 Å². The van der Waals surface area contributed by atoms with E-state index in [-0.39, 0.29) is 24.9 Å². The molecule has 21 heavy (non-hydrogen) atoms. The zero-order chi connectivity index (χ0) is 15.6. The van der Waals surface area contributed by atoms with E-state index in [2.05, 4.69) is 33.4 Å². The van der Waals surface area contributed by atoms with Crippen LogP contribution in [0, 0.1) is 0 Å². The number of hydrogen-bond donors (Lipinski definition) is 2. The molecule has 1 atom stereocenters. The number of nitrogens with one attached hydrogen (secondary N) is 1. The number of carboxylic acid groups (broad SMARTS) is 1. The van der Waals surface area contributed by atoms with Gasteiger partial charge in [0.2, 0.25) is 5.67 Å². The fourth-order valence-corrected chi connectivity index (χ4v) is 3.47. The molecule has 5 heteroatoms. The van der Waals surface area contributed by atoms with Gasteiger partial charge in [-0.25, -0.2) is 9.18 Å². The second kappa shape index (κ2) is 6.44. The first kappa shape index (κ1) is 16.4. The van der Waals surface area contributed by atoms with E-state index in [0.29, 0.717) is 0 Å². The molecule has 2 aliphatic rings. The summed E-state index contributed by atoms with van der Waals surface area (Å²) in [5.74, 6) is -1.33. The molecule has 1 aromatic rings. The number of rotatable bonds is 3. The quantitative estimate of drug-likeness (QED) is 0.859. The van der Waals surface area contributed by atoms with E-state index < -0.39 is 11.6 Å². The van der Waals surface area contributed by atoms with E-state index in [1.807, 2.05) is 19.9 Å². The summed E-state index contributed by atoms with van der Waals surface area (Å²) in [4.78, 5) is 10.7. The largest absolute Gasteiger partial charge is 0.479 e. The van der Waals surface area contributed by atoms with Gasteiger partial charge in [-0.05, 0) is 36.1 Å². The molecule has 0 aromatic heterocycles. The van der Waals surface area contributed by atoms with Crippen molar-refractivity contribution in [1.29, 1.82) is 0 Å². The Bertz CT molecular complexity index is 529. The van der Waals surface area contributed by atoms with Crippen LogP contribution < -0.4 is 5.32 Å². The molecule has 1 fully saturated rings. The van der Waals surface area contributed by atoms with Gasteiger partial charge in [0.1, 0.15) is 0 Å². The molecule has 0 amide bonds. The third-order valence-electron chi connectivity index (χ3n) is 4.14. The number of aryl methyl sites for hydroxylation is 1. The first-order valence-electron chi connectivity index (χ1n) is 7.45. The van der Waals surface area contributed by atoms with Crippen LogP contribution in [0.2, 0.25) is 0 Å². The highest BCUT2D eigenvalue weighted by Gasteiger charge is 2.51. The minimum Gasteiger partial charge on any atom is -0.479 e. The van der Waals surface area contributed by atoms with E-state index in [0.717, 1.165) is 17.3 Å². The van der Waals surface area contributed by atoms with Gasteiger partial charge >= 0.3 is 5.97 Å². The number of benzene rings is 1. The third-order valence-corrected chi connectivity index (χ3v) is 4.64. The second-order valence-corrected chi connectivity index (χ2v) is 6.39. The standard InChI is InChI=1S/C14H15BrFNO2.C2H6/c15-9-2-3-11-8(5-9)1-4-12(11)17-10-6-14(16,7-10)13(18)19;1-2/h2-3,5,10,12,17H,1,4,6-7H2,(H,18,19);1-2H3. The van der Waals surface area contributed by atoms with Crippen LogP contribution in [0.1, 0.15) is 50.3 Å². The summed E-state index contributed by atoms with van der Waals surface area (Å²) in [6, 6.07) is 6.42. The van der Waals surface area contributed by atoms with Crippen molar-refractivity contribution >= 4 is 21.9 Å². The van der Waals surface area contributed by atoms with Crippen molar-refractivity contribution in [1.82, 2.24) is 5.32 Å². The first-order valence-corrected chi connectivity index (χ1v) is 8.24. The number of aliphatic carboxylic acids is 1. The maximum atomic E-state index is 13.7. The van der Waals surface area contributed by atoms with Gasteiger partial charge in [-0.1, -0.05) is 35.8 Å².